The number of hydrogen-bond donors (Lipinski definition) is 3. The van der Waals surface area contributed by atoms with E-state index in [0.717, 1.165) is 13.1 Å². The van der Waals surface area contributed by atoms with Gasteiger partial charge >= 0.3 is 8.80 Å². The van der Waals surface area contributed by atoms with Crippen molar-refractivity contribution >= 4 is 8.80 Å². The Bertz CT molecular complexity index is 197. The quantitative estimate of drug-likeness (QED) is 0.639. The summed E-state index contributed by atoms with van der Waals surface area (Å²) in [6.07, 6.45) is 0. The minimum atomic E-state index is -2.32. The fourth-order valence-corrected chi connectivity index (χ4v) is 5.20. The van der Waals surface area contributed by atoms with Gasteiger partial charge in [0, 0.05) is 5.54 Å². The molecule has 0 atom stereocenters. The Morgan fingerprint density at radius 1 is 0.882 bits per heavy atom. The van der Waals surface area contributed by atoms with Crippen molar-refractivity contribution in [1.29, 1.82) is 0 Å². The standard InChI is InChI=1S/C12H31N3OSi/c1-9-13-17(14-10-2,15-11(3,4)5)16-12(6,7)8/h13-15H,9-10H2,1-8H3. The fourth-order valence-electron chi connectivity index (χ4n) is 1.73. The van der Waals surface area contributed by atoms with E-state index in [2.05, 4.69) is 70.3 Å². The Kier molecular flexibility index (Phi) is 6.31. The van der Waals surface area contributed by atoms with Crippen LogP contribution in [-0.4, -0.2) is 33.0 Å². The third-order valence-corrected chi connectivity index (χ3v) is 5.59. The summed E-state index contributed by atoms with van der Waals surface area (Å²) in [4.78, 5) is 10.6. The SMILES string of the molecule is CCN[Si](NCC)(NC(C)(C)C)OC(C)(C)C. The highest BCUT2D eigenvalue weighted by atomic mass is 28.4. The van der Waals surface area contributed by atoms with E-state index in [1.54, 1.807) is 0 Å². The van der Waals surface area contributed by atoms with Crippen molar-refractivity contribution in [3.05, 3.63) is 0 Å². The van der Waals surface area contributed by atoms with Gasteiger partial charge in [0.15, 0.2) is 0 Å². The van der Waals surface area contributed by atoms with Crippen molar-refractivity contribution in [2.24, 2.45) is 0 Å². The molecule has 0 unspecified atom stereocenters. The summed E-state index contributed by atoms with van der Waals surface area (Å²) in [5, 5.41) is 0. The Balaban J connectivity index is 4.97. The molecular formula is C12H31N3OSi. The van der Waals surface area contributed by atoms with Crippen LogP contribution in [0.3, 0.4) is 0 Å². The van der Waals surface area contributed by atoms with Crippen LogP contribution < -0.4 is 14.9 Å². The largest absolute Gasteiger partial charge is 0.440 e. The summed E-state index contributed by atoms with van der Waals surface area (Å²) in [5.74, 6) is 0. The van der Waals surface area contributed by atoms with E-state index < -0.39 is 8.80 Å². The number of nitrogens with one attached hydrogen (secondary N) is 3. The predicted molar refractivity (Wildman–Crippen MR) is 76.8 cm³/mol. The first-order valence-corrected chi connectivity index (χ1v) is 8.44. The molecule has 0 aliphatic carbocycles. The average molecular weight is 261 g/mol. The molecule has 0 bridgehead atoms. The highest BCUT2D eigenvalue weighted by Gasteiger charge is 2.42. The fraction of sp³-hybridized carbons (Fsp3) is 1.00. The lowest BCUT2D eigenvalue weighted by molar-refractivity contribution is 0.0969. The van der Waals surface area contributed by atoms with Gasteiger partial charge in [-0.1, -0.05) is 13.8 Å². The summed E-state index contributed by atoms with van der Waals surface area (Å²) >= 11 is 0. The molecule has 104 valence electrons. The minimum Gasteiger partial charge on any atom is -0.375 e. The Morgan fingerprint density at radius 2 is 1.29 bits per heavy atom. The van der Waals surface area contributed by atoms with Crippen molar-refractivity contribution in [3.63, 3.8) is 0 Å². The van der Waals surface area contributed by atoms with Crippen LogP contribution in [0.25, 0.3) is 0 Å². The average Bonchev–Trinajstić information content (AvgIpc) is 1.96. The Labute approximate surface area is 108 Å². The second kappa shape index (κ2) is 6.29. The van der Waals surface area contributed by atoms with Crippen LogP contribution in [0.2, 0.25) is 0 Å². The van der Waals surface area contributed by atoms with Crippen molar-refractivity contribution in [2.45, 2.75) is 66.5 Å². The summed E-state index contributed by atoms with van der Waals surface area (Å²) in [6.45, 7) is 18.7. The van der Waals surface area contributed by atoms with Crippen molar-refractivity contribution in [1.82, 2.24) is 14.9 Å². The van der Waals surface area contributed by atoms with E-state index in [1.165, 1.54) is 0 Å². The van der Waals surface area contributed by atoms with Crippen LogP contribution in [0.1, 0.15) is 55.4 Å². The van der Waals surface area contributed by atoms with E-state index in [9.17, 15) is 0 Å². The normalized spacial score (nSPS) is 14.1. The second-order valence-electron chi connectivity index (χ2n) is 6.33. The van der Waals surface area contributed by atoms with Crippen LogP contribution in [0.5, 0.6) is 0 Å². The van der Waals surface area contributed by atoms with E-state index >= 15 is 0 Å². The van der Waals surface area contributed by atoms with Gasteiger partial charge in [-0.05, 0) is 54.6 Å². The number of hydrogen-bond acceptors (Lipinski definition) is 4. The first kappa shape index (κ1) is 17.1. The zero-order valence-corrected chi connectivity index (χ0v) is 13.8. The molecule has 0 aromatic heterocycles. The highest BCUT2D eigenvalue weighted by molar-refractivity contribution is 6.66. The summed E-state index contributed by atoms with van der Waals surface area (Å²) in [5.41, 5.74) is -0.156. The molecule has 5 heteroatoms. The van der Waals surface area contributed by atoms with Gasteiger partial charge in [0.05, 0.1) is 5.60 Å². The van der Waals surface area contributed by atoms with Gasteiger partial charge in [0.25, 0.3) is 0 Å². The topological polar surface area (TPSA) is 45.3 Å². The van der Waals surface area contributed by atoms with Gasteiger partial charge in [-0.25, -0.2) is 0 Å². The van der Waals surface area contributed by atoms with E-state index in [-0.39, 0.29) is 11.1 Å². The van der Waals surface area contributed by atoms with Gasteiger partial charge < -0.3 is 4.43 Å². The highest BCUT2D eigenvalue weighted by Crippen LogP contribution is 2.14. The van der Waals surface area contributed by atoms with Crippen LogP contribution in [-0.2, 0) is 4.43 Å². The molecule has 0 amide bonds. The zero-order valence-electron chi connectivity index (χ0n) is 12.8. The Morgan fingerprint density at radius 3 is 1.53 bits per heavy atom. The maximum Gasteiger partial charge on any atom is 0.440 e. The van der Waals surface area contributed by atoms with Crippen LogP contribution in [0, 0.1) is 0 Å². The molecule has 0 rings (SSSR count). The maximum absolute atomic E-state index is 6.29. The molecule has 0 heterocycles. The first-order valence-electron chi connectivity index (χ1n) is 6.53. The van der Waals surface area contributed by atoms with Crippen LogP contribution in [0.4, 0.5) is 0 Å². The number of rotatable bonds is 6. The molecular weight excluding hydrogens is 230 g/mol. The smallest absolute Gasteiger partial charge is 0.375 e. The molecule has 0 aromatic carbocycles. The Hall–Kier alpha value is 0.0569. The van der Waals surface area contributed by atoms with E-state index in [0.29, 0.717) is 0 Å². The third kappa shape index (κ3) is 7.89. The van der Waals surface area contributed by atoms with Gasteiger partial charge in [0.1, 0.15) is 0 Å². The molecule has 0 spiro atoms. The first-order chi connectivity index (χ1) is 7.54. The lowest BCUT2D eigenvalue weighted by Gasteiger charge is -2.41. The van der Waals surface area contributed by atoms with Crippen LogP contribution in [0.15, 0.2) is 0 Å². The van der Waals surface area contributed by atoms with Crippen LogP contribution >= 0.6 is 0 Å². The van der Waals surface area contributed by atoms with Crippen molar-refractivity contribution in [2.75, 3.05) is 13.1 Å². The molecule has 0 aliphatic rings. The van der Waals surface area contributed by atoms with Crippen molar-refractivity contribution < 1.29 is 4.43 Å². The maximum atomic E-state index is 6.29. The van der Waals surface area contributed by atoms with Gasteiger partial charge in [-0.2, -0.15) is 0 Å². The van der Waals surface area contributed by atoms with E-state index in [4.69, 9.17) is 4.43 Å². The molecule has 17 heavy (non-hydrogen) atoms. The molecule has 3 N–H and O–H groups in total. The molecule has 0 fully saturated rings. The van der Waals surface area contributed by atoms with Crippen molar-refractivity contribution in [3.8, 4) is 0 Å². The molecule has 4 nitrogen and oxygen atoms in total. The molecule has 0 aliphatic heterocycles. The molecule has 0 saturated heterocycles. The summed E-state index contributed by atoms with van der Waals surface area (Å²) < 4.78 is 6.29. The summed E-state index contributed by atoms with van der Waals surface area (Å²) in [7, 11) is -2.32. The second-order valence-corrected chi connectivity index (χ2v) is 8.85. The molecule has 0 aromatic rings. The lowest BCUT2D eigenvalue weighted by Crippen LogP contribution is -2.78. The minimum absolute atomic E-state index is 0.0157. The zero-order chi connectivity index (χ0) is 13.7. The van der Waals surface area contributed by atoms with Gasteiger partial charge in [0.2, 0.25) is 0 Å². The van der Waals surface area contributed by atoms with Gasteiger partial charge in [-0.3, -0.25) is 14.9 Å². The molecule has 0 saturated carbocycles. The lowest BCUT2D eigenvalue weighted by atomic mass is 10.1. The third-order valence-electron chi connectivity index (χ3n) is 1.86. The summed E-state index contributed by atoms with van der Waals surface area (Å²) in [6, 6.07) is 0. The predicted octanol–water partition coefficient (Wildman–Crippen LogP) is 1.84. The molecule has 0 radical (unpaired) electrons. The monoisotopic (exact) mass is 261 g/mol. The van der Waals surface area contributed by atoms with E-state index in [1.807, 2.05) is 0 Å². The van der Waals surface area contributed by atoms with Gasteiger partial charge in [-0.15, -0.1) is 0 Å².